The average Bonchev–Trinajstić information content (AvgIpc) is 3.10. The van der Waals surface area contributed by atoms with Gasteiger partial charge in [0.25, 0.3) is 11.3 Å². The first kappa shape index (κ1) is 20.1. The smallest absolute Gasteiger partial charge is 0.261 e. The third kappa shape index (κ3) is 4.04. The van der Waals surface area contributed by atoms with Crippen LogP contribution < -0.4 is 20.3 Å². The van der Waals surface area contributed by atoms with E-state index in [0.717, 1.165) is 35.9 Å². The number of nitrogens with one attached hydrogen (secondary N) is 1. The van der Waals surface area contributed by atoms with Crippen molar-refractivity contribution in [3.63, 3.8) is 0 Å². The first-order chi connectivity index (χ1) is 15.0. The van der Waals surface area contributed by atoms with Crippen LogP contribution in [0.4, 0.5) is 5.69 Å². The molecule has 1 aromatic heterocycles. The molecule has 3 aromatic rings. The van der Waals surface area contributed by atoms with Gasteiger partial charge in [-0.3, -0.25) is 14.2 Å². The van der Waals surface area contributed by atoms with Gasteiger partial charge >= 0.3 is 0 Å². The normalized spacial score (nSPS) is 16.5. The summed E-state index contributed by atoms with van der Waals surface area (Å²) in [6, 6.07) is 10.8. The largest absolute Gasteiger partial charge is 0.448 e. The van der Waals surface area contributed by atoms with E-state index < -0.39 is 5.79 Å². The van der Waals surface area contributed by atoms with Crippen LogP contribution in [0.15, 0.2) is 52.0 Å². The van der Waals surface area contributed by atoms with Crippen LogP contribution in [0, 0.1) is 0 Å². The first-order valence-corrected chi connectivity index (χ1v) is 11.3. The van der Waals surface area contributed by atoms with Crippen molar-refractivity contribution < 1.29 is 14.3 Å². The summed E-state index contributed by atoms with van der Waals surface area (Å²) in [6.45, 7) is 0.244. The molecule has 0 atom stereocenters. The summed E-state index contributed by atoms with van der Waals surface area (Å²) in [4.78, 5) is 29.5. The standard InChI is InChI=1S/C23H22BrN3O4/c24-15-4-6-18-17(12-15)22(29)27(14-25-18)11-8-21(28)26-16-5-7-19-20(13-16)31-23(30-19)9-2-1-3-10-23/h4-7,12-14H,1-3,8-11H2,(H,26,28). The van der Waals surface area contributed by atoms with E-state index in [1.54, 1.807) is 18.2 Å². The van der Waals surface area contributed by atoms with Crippen LogP contribution in [0.25, 0.3) is 10.9 Å². The van der Waals surface area contributed by atoms with Gasteiger partial charge in [0.2, 0.25) is 5.91 Å². The van der Waals surface area contributed by atoms with Crippen LogP contribution in [0.1, 0.15) is 38.5 Å². The van der Waals surface area contributed by atoms with E-state index in [4.69, 9.17) is 9.47 Å². The Bertz CT molecular complexity index is 1220. The number of aryl methyl sites for hydroxylation is 1. The van der Waals surface area contributed by atoms with Gasteiger partial charge < -0.3 is 14.8 Å². The molecule has 1 saturated carbocycles. The predicted molar refractivity (Wildman–Crippen MR) is 120 cm³/mol. The Kier molecular flexibility index (Phi) is 5.17. The molecule has 160 valence electrons. The van der Waals surface area contributed by atoms with Crippen LogP contribution in [0.2, 0.25) is 0 Å². The molecule has 1 N–H and O–H groups in total. The van der Waals surface area contributed by atoms with E-state index in [2.05, 4.69) is 26.2 Å². The van der Waals surface area contributed by atoms with Crippen LogP contribution in [0.3, 0.4) is 0 Å². The summed E-state index contributed by atoms with van der Waals surface area (Å²) in [5.41, 5.74) is 1.11. The number of benzene rings is 2. The molecule has 1 aliphatic carbocycles. The van der Waals surface area contributed by atoms with Crippen LogP contribution in [-0.4, -0.2) is 21.2 Å². The average molecular weight is 484 g/mol. The number of aromatic nitrogens is 2. The third-order valence-corrected chi connectivity index (χ3v) is 6.29. The second-order valence-corrected chi connectivity index (χ2v) is 8.96. The van der Waals surface area contributed by atoms with Crippen LogP contribution >= 0.6 is 15.9 Å². The van der Waals surface area contributed by atoms with Gasteiger partial charge in [0.1, 0.15) is 0 Å². The number of carbonyl (C=O) groups excluding carboxylic acids is 1. The van der Waals surface area contributed by atoms with Crippen LogP contribution in [0.5, 0.6) is 11.5 Å². The minimum atomic E-state index is -0.539. The SMILES string of the molecule is O=C(CCn1cnc2ccc(Br)cc2c1=O)Nc1ccc2c(c1)OC1(CCCCC1)O2. The Morgan fingerprint density at radius 3 is 2.74 bits per heavy atom. The summed E-state index contributed by atoms with van der Waals surface area (Å²) in [6.07, 6.45) is 6.80. The molecule has 0 bridgehead atoms. The van der Waals surface area contributed by atoms with E-state index in [0.29, 0.717) is 22.3 Å². The van der Waals surface area contributed by atoms with Gasteiger partial charge in [-0.15, -0.1) is 0 Å². The molecular weight excluding hydrogens is 462 g/mol. The molecule has 7 nitrogen and oxygen atoms in total. The van der Waals surface area contributed by atoms with Crippen molar-refractivity contribution in [3.05, 3.63) is 57.6 Å². The monoisotopic (exact) mass is 483 g/mol. The van der Waals surface area contributed by atoms with Crippen molar-refractivity contribution in [2.45, 2.75) is 50.9 Å². The lowest BCUT2D eigenvalue weighted by molar-refractivity contribution is -0.116. The van der Waals surface area contributed by atoms with Crippen molar-refractivity contribution in [1.29, 1.82) is 0 Å². The quantitative estimate of drug-likeness (QED) is 0.585. The molecule has 5 rings (SSSR count). The second-order valence-electron chi connectivity index (χ2n) is 8.04. The van der Waals surface area contributed by atoms with E-state index in [9.17, 15) is 9.59 Å². The number of anilines is 1. The number of halogens is 1. The molecule has 1 aliphatic heterocycles. The minimum Gasteiger partial charge on any atom is -0.448 e. The Morgan fingerprint density at radius 2 is 1.90 bits per heavy atom. The van der Waals surface area contributed by atoms with Gasteiger partial charge in [-0.05, 0) is 43.2 Å². The van der Waals surface area contributed by atoms with Crippen molar-refractivity contribution in [2.24, 2.45) is 0 Å². The summed E-state index contributed by atoms with van der Waals surface area (Å²) in [5, 5.41) is 3.40. The van der Waals surface area contributed by atoms with E-state index >= 15 is 0 Å². The maximum atomic E-state index is 12.7. The van der Waals surface area contributed by atoms with Gasteiger partial charge in [-0.2, -0.15) is 0 Å². The van der Waals surface area contributed by atoms with E-state index in [1.807, 2.05) is 18.2 Å². The van der Waals surface area contributed by atoms with E-state index in [1.165, 1.54) is 17.3 Å². The molecule has 1 amide bonds. The molecular formula is C23H22BrN3O4. The number of rotatable bonds is 4. The van der Waals surface area contributed by atoms with Gasteiger partial charge in [0.15, 0.2) is 11.5 Å². The Hall–Kier alpha value is -2.87. The van der Waals surface area contributed by atoms with Crippen LogP contribution in [-0.2, 0) is 11.3 Å². The Labute approximate surface area is 187 Å². The fourth-order valence-corrected chi connectivity index (χ4v) is 4.56. The number of fused-ring (bicyclic) bond motifs is 2. The molecule has 0 saturated heterocycles. The summed E-state index contributed by atoms with van der Waals surface area (Å²) >= 11 is 3.38. The molecule has 1 spiro atoms. The third-order valence-electron chi connectivity index (χ3n) is 5.80. The molecule has 2 aliphatic rings. The van der Waals surface area contributed by atoms with Gasteiger partial charge in [0.05, 0.1) is 17.2 Å². The molecule has 0 radical (unpaired) electrons. The zero-order chi connectivity index (χ0) is 21.4. The van der Waals surface area contributed by atoms with Crippen molar-refractivity contribution in [2.75, 3.05) is 5.32 Å². The van der Waals surface area contributed by atoms with Crippen molar-refractivity contribution >= 4 is 38.4 Å². The fraction of sp³-hybridized carbons (Fsp3) is 0.348. The number of amides is 1. The molecule has 2 heterocycles. The number of hydrogen-bond acceptors (Lipinski definition) is 5. The van der Waals surface area contributed by atoms with E-state index in [-0.39, 0.29) is 24.4 Å². The highest BCUT2D eigenvalue weighted by Crippen LogP contribution is 2.46. The number of hydrogen-bond donors (Lipinski definition) is 1. The highest BCUT2D eigenvalue weighted by Gasteiger charge is 2.42. The summed E-state index contributed by atoms with van der Waals surface area (Å²) in [7, 11) is 0. The number of ether oxygens (including phenoxy) is 2. The van der Waals surface area contributed by atoms with Gasteiger partial charge in [-0.1, -0.05) is 22.4 Å². The second kappa shape index (κ2) is 8.00. The topological polar surface area (TPSA) is 82.5 Å². The predicted octanol–water partition coefficient (Wildman–Crippen LogP) is 4.62. The fourth-order valence-electron chi connectivity index (χ4n) is 4.20. The molecule has 2 aromatic carbocycles. The first-order valence-electron chi connectivity index (χ1n) is 10.5. The molecule has 31 heavy (non-hydrogen) atoms. The Morgan fingerprint density at radius 1 is 1.10 bits per heavy atom. The van der Waals surface area contributed by atoms with Gasteiger partial charge in [-0.25, -0.2) is 4.98 Å². The maximum Gasteiger partial charge on any atom is 0.261 e. The molecule has 8 heteroatoms. The minimum absolute atomic E-state index is 0.152. The lowest BCUT2D eigenvalue weighted by atomic mass is 9.94. The van der Waals surface area contributed by atoms with Gasteiger partial charge in [0, 0.05) is 42.0 Å². The maximum absolute atomic E-state index is 12.7. The molecule has 0 unspecified atom stereocenters. The number of carbonyl (C=O) groups is 1. The lowest BCUT2D eigenvalue weighted by Crippen LogP contribution is -2.40. The summed E-state index contributed by atoms with van der Waals surface area (Å²) < 4.78 is 14.5. The Balaban J connectivity index is 1.24. The van der Waals surface area contributed by atoms with Crippen molar-refractivity contribution in [3.8, 4) is 11.5 Å². The molecule has 1 fully saturated rings. The zero-order valence-electron chi connectivity index (χ0n) is 16.9. The number of nitrogens with zero attached hydrogens (tertiary/aromatic N) is 2. The highest BCUT2D eigenvalue weighted by atomic mass is 79.9. The van der Waals surface area contributed by atoms with Crippen molar-refractivity contribution in [1.82, 2.24) is 9.55 Å². The highest BCUT2D eigenvalue weighted by molar-refractivity contribution is 9.10. The summed E-state index contributed by atoms with van der Waals surface area (Å²) in [5.74, 6) is 0.662. The zero-order valence-corrected chi connectivity index (χ0v) is 18.5. The lowest BCUT2D eigenvalue weighted by Gasteiger charge is -2.31.